The number of benzene rings is 2. The van der Waals surface area contributed by atoms with Crippen molar-refractivity contribution in [3.05, 3.63) is 59.7 Å². The van der Waals surface area contributed by atoms with Gasteiger partial charge < -0.3 is 15.3 Å². The molecule has 5 rings (SSSR count). The van der Waals surface area contributed by atoms with Gasteiger partial charge in [0, 0.05) is 25.2 Å². The van der Waals surface area contributed by atoms with E-state index in [1.807, 2.05) is 62.4 Å². The van der Waals surface area contributed by atoms with Crippen LogP contribution in [0.3, 0.4) is 0 Å². The molecule has 6 heteroatoms. The molecule has 0 saturated carbocycles. The number of hydrogen-bond donors (Lipinski definition) is 2. The lowest BCUT2D eigenvalue weighted by molar-refractivity contribution is 0.0355. The minimum absolute atomic E-state index is 0.0481. The Morgan fingerprint density at radius 3 is 2.00 bits per heavy atom. The first-order valence-corrected chi connectivity index (χ1v) is 11.5. The summed E-state index contributed by atoms with van der Waals surface area (Å²) < 4.78 is 0. The molecule has 1 unspecified atom stereocenters. The predicted molar refractivity (Wildman–Crippen MR) is 126 cm³/mol. The summed E-state index contributed by atoms with van der Waals surface area (Å²) in [5, 5.41) is 12.9. The number of fused-ring (bicyclic) bond motifs is 4. The molecule has 3 fully saturated rings. The van der Waals surface area contributed by atoms with Crippen molar-refractivity contribution in [2.45, 2.75) is 44.7 Å². The maximum Gasteiger partial charge on any atom is 0.408 e. The van der Waals surface area contributed by atoms with Crippen LogP contribution >= 0.6 is 0 Å². The van der Waals surface area contributed by atoms with Crippen molar-refractivity contribution < 1.29 is 14.7 Å². The molecule has 170 valence electrons. The van der Waals surface area contributed by atoms with Gasteiger partial charge in [0.15, 0.2) is 0 Å². The Labute approximate surface area is 190 Å². The zero-order chi connectivity index (χ0) is 22.9. The van der Waals surface area contributed by atoms with Crippen LogP contribution in [0.4, 0.5) is 4.79 Å². The molecule has 0 spiro atoms. The molecule has 32 heavy (non-hydrogen) atoms. The van der Waals surface area contributed by atoms with Crippen molar-refractivity contribution in [2.24, 2.45) is 5.92 Å². The van der Waals surface area contributed by atoms with Gasteiger partial charge in [-0.05, 0) is 80.9 Å². The summed E-state index contributed by atoms with van der Waals surface area (Å²) >= 11 is 0. The Bertz CT molecular complexity index is 961. The molecule has 3 aliphatic heterocycles. The molecular formula is C26H33N3O3. The van der Waals surface area contributed by atoms with Gasteiger partial charge in [0.2, 0.25) is 0 Å². The molecule has 3 aliphatic rings. The van der Waals surface area contributed by atoms with Crippen LogP contribution in [-0.2, 0) is 5.54 Å². The van der Waals surface area contributed by atoms with Gasteiger partial charge in [-0.25, -0.2) is 4.79 Å². The lowest BCUT2D eigenvalue weighted by atomic mass is 9.84. The Hall–Kier alpha value is -2.86. The normalized spacial score (nSPS) is 22.8. The molecule has 0 radical (unpaired) electrons. The van der Waals surface area contributed by atoms with Crippen molar-refractivity contribution >= 4 is 12.0 Å². The first-order chi connectivity index (χ1) is 15.3. The second-order valence-corrected chi connectivity index (χ2v) is 9.48. The van der Waals surface area contributed by atoms with E-state index in [0.29, 0.717) is 11.5 Å². The van der Waals surface area contributed by atoms with Crippen LogP contribution in [0, 0.1) is 5.92 Å². The van der Waals surface area contributed by atoms with Gasteiger partial charge in [-0.2, -0.15) is 0 Å². The predicted octanol–water partition coefficient (Wildman–Crippen LogP) is 4.41. The number of piperidine rings is 1. The number of amides is 2. The van der Waals surface area contributed by atoms with E-state index in [4.69, 9.17) is 0 Å². The molecule has 1 atom stereocenters. The zero-order valence-electron chi connectivity index (χ0n) is 19.2. The number of nitrogens with one attached hydrogen (secondary N) is 1. The Kier molecular flexibility index (Phi) is 6.24. The average Bonchev–Trinajstić information content (AvgIpc) is 3.12. The summed E-state index contributed by atoms with van der Waals surface area (Å²) in [6.07, 6.45) is 2.22. The third kappa shape index (κ3) is 4.24. The summed E-state index contributed by atoms with van der Waals surface area (Å²) in [6.45, 7) is 7.19. The fraction of sp³-hybridized carbons (Fsp3) is 0.462. The van der Waals surface area contributed by atoms with Crippen molar-refractivity contribution in [3.63, 3.8) is 0 Å². The second kappa shape index (κ2) is 8.94. The third-order valence-corrected chi connectivity index (χ3v) is 7.36. The summed E-state index contributed by atoms with van der Waals surface area (Å²) in [4.78, 5) is 28.4. The second-order valence-electron chi connectivity index (χ2n) is 9.48. The first kappa shape index (κ1) is 22.3. The number of nitrogens with zero attached hydrogens (tertiary/aromatic N) is 2. The standard InChI is InChI=1S/C26H33N3O3/c1-26(2,29(25(31)32)23-14-17-28-15-12-20(23)13-16-28)22-10-8-19(9-11-22)18-4-6-21(7-5-18)24(30)27-3/h4-11,20,23H,12-17H2,1-3H3,(H,27,30)(H,31,32). The van der Waals surface area contributed by atoms with Gasteiger partial charge in [0.05, 0.1) is 5.54 Å². The number of carbonyl (C=O) groups excluding carboxylic acids is 1. The van der Waals surface area contributed by atoms with Crippen molar-refractivity contribution in [1.29, 1.82) is 0 Å². The summed E-state index contributed by atoms with van der Waals surface area (Å²) in [5.41, 5.74) is 3.04. The Morgan fingerprint density at radius 1 is 0.938 bits per heavy atom. The first-order valence-electron chi connectivity index (χ1n) is 11.5. The quantitative estimate of drug-likeness (QED) is 0.730. The van der Waals surface area contributed by atoms with Gasteiger partial charge in [0.1, 0.15) is 0 Å². The fourth-order valence-electron chi connectivity index (χ4n) is 5.42. The van der Waals surface area contributed by atoms with Crippen LogP contribution < -0.4 is 5.32 Å². The summed E-state index contributed by atoms with van der Waals surface area (Å²) in [7, 11) is 1.62. The molecule has 0 aromatic heterocycles. The Morgan fingerprint density at radius 2 is 1.47 bits per heavy atom. The molecule has 0 aliphatic carbocycles. The van der Waals surface area contributed by atoms with E-state index in [9.17, 15) is 14.7 Å². The number of rotatable bonds is 5. The van der Waals surface area contributed by atoms with E-state index in [0.717, 1.165) is 55.6 Å². The van der Waals surface area contributed by atoms with Crippen LogP contribution in [0.5, 0.6) is 0 Å². The molecule has 2 aromatic rings. The lowest BCUT2D eigenvalue weighted by Gasteiger charge is -2.45. The van der Waals surface area contributed by atoms with E-state index in [2.05, 4.69) is 10.2 Å². The van der Waals surface area contributed by atoms with Gasteiger partial charge >= 0.3 is 6.09 Å². The highest BCUT2D eigenvalue weighted by molar-refractivity contribution is 5.94. The summed E-state index contributed by atoms with van der Waals surface area (Å²) in [6, 6.07) is 15.7. The van der Waals surface area contributed by atoms with Crippen molar-refractivity contribution in [2.75, 3.05) is 26.7 Å². The third-order valence-electron chi connectivity index (χ3n) is 7.36. The van der Waals surface area contributed by atoms with Gasteiger partial charge in [0.25, 0.3) is 5.91 Å². The topological polar surface area (TPSA) is 72.9 Å². The van der Waals surface area contributed by atoms with Gasteiger partial charge in [-0.1, -0.05) is 36.4 Å². The largest absolute Gasteiger partial charge is 0.465 e. The highest BCUT2D eigenvalue weighted by Gasteiger charge is 2.43. The van der Waals surface area contributed by atoms with E-state index in [-0.39, 0.29) is 11.9 Å². The Balaban J connectivity index is 1.58. The molecule has 6 nitrogen and oxygen atoms in total. The molecule has 3 heterocycles. The highest BCUT2D eigenvalue weighted by Crippen LogP contribution is 2.38. The highest BCUT2D eigenvalue weighted by atomic mass is 16.4. The number of carboxylic acid groups (broad SMARTS) is 1. The SMILES string of the molecule is CNC(=O)c1ccc(-c2ccc(C(C)(C)N(C(=O)O)C3CCN4CCC3CC4)cc2)cc1. The van der Waals surface area contributed by atoms with Crippen LogP contribution in [0.2, 0.25) is 0 Å². The average molecular weight is 436 g/mol. The van der Waals surface area contributed by atoms with Crippen LogP contribution in [-0.4, -0.2) is 59.6 Å². The molecule has 2 aromatic carbocycles. The fourth-order valence-corrected chi connectivity index (χ4v) is 5.42. The van der Waals surface area contributed by atoms with Gasteiger partial charge in [-0.3, -0.25) is 9.69 Å². The van der Waals surface area contributed by atoms with Gasteiger partial charge in [-0.15, -0.1) is 0 Å². The van der Waals surface area contributed by atoms with E-state index in [1.165, 1.54) is 0 Å². The lowest BCUT2D eigenvalue weighted by Crippen LogP contribution is -2.53. The minimum Gasteiger partial charge on any atom is -0.465 e. The maximum absolute atomic E-state index is 12.5. The number of carbonyl (C=O) groups is 2. The molecule has 2 N–H and O–H groups in total. The van der Waals surface area contributed by atoms with Crippen LogP contribution in [0.25, 0.3) is 11.1 Å². The van der Waals surface area contributed by atoms with E-state index in [1.54, 1.807) is 11.9 Å². The van der Waals surface area contributed by atoms with E-state index < -0.39 is 11.6 Å². The molecular weight excluding hydrogens is 402 g/mol. The molecule has 3 saturated heterocycles. The van der Waals surface area contributed by atoms with Crippen LogP contribution in [0.1, 0.15) is 49.0 Å². The van der Waals surface area contributed by atoms with Crippen molar-refractivity contribution in [3.8, 4) is 11.1 Å². The zero-order valence-corrected chi connectivity index (χ0v) is 19.2. The summed E-state index contributed by atoms with van der Waals surface area (Å²) in [5.74, 6) is 0.327. The maximum atomic E-state index is 12.5. The smallest absolute Gasteiger partial charge is 0.408 e. The van der Waals surface area contributed by atoms with E-state index >= 15 is 0 Å². The monoisotopic (exact) mass is 435 g/mol. The van der Waals surface area contributed by atoms with Crippen LogP contribution in [0.15, 0.2) is 48.5 Å². The van der Waals surface area contributed by atoms with Crippen molar-refractivity contribution in [1.82, 2.24) is 15.1 Å². The molecule has 2 amide bonds. The number of hydrogen-bond acceptors (Lipinski definition) is 3. The minimum atomic E-state index is -0.839. The molecule has 2 bridgehead atoms.